The van der Waals surface area contributed by atoms with E-state index < -0.39 is 34.4 Å². The first-order chi connectivity index (χ1) is 12.3. The van der Waals surface area contributed by atoms with Crippen LogP contribution in [0.4, 0.5) is 0 Å². The second kappa shape index (κ2) is 7.14. The Kier molecular flexibility index (Phi) is 5.08. The fourth-order valence-corrected chi connectivity index (χ4v) is 3.77. The largest absolute Gasteiger partial charge is 0.366 e. The zero-order chi connectivity index (χ0) is 18.9. The normalized spacial score (nSPS) is 18.9. The zero-order valence-corrected chi connectivity index (χ0v) is 14.9. The quantitative estimate of drug-likeness (QED) is 0.668. The maximum absolute atomic E-state index is 12.1. The Balaban J connectivity index is 1.49. The van der Waals surface area contributed by atoms with E-state index in [9.17, 15) is 22.8 Å². The lowest BCUT2D eigenvalue weighted by atomic mass is 10.1. The summed E-state index contributed by atoms with van der Waals surface area (Å²) in [6, 6.07) is 6.19. The number of hydrogen-bond donors (Lipinski definition) is 0. The van der Waals surface area contributed by atoms with E-state index in [-0.39, 0.29) is 17.2 Å². The van der Waals surface area contributed by atoms with E-state index in [2.05, 4.69) is 0 Å². The molecule has 1 aromatic carbocycles. The van der Waals surface area contributed by atoms with Crippen LogP contribution in [0.15, 0.2) is 24.3 Å². The van der Waals surface area contributed by atoms with Gasteiger partial charge in [-0.05, 0) is 25.0 Å². The average Bonchev–Trinajstić information content (AvgIpc) is 2.85. The molecule has 2 amide bonds. The lowest BCUT2D eigenvalue weighted by Crippen LogP contribution is -2.41. The van der Waals surface area contributed by atoms with Gasteiger partial charge in [-0.3, -0.25) is 9.59 Å². The first-order valence-corrected chi connectivity index (χ1v) is 9.87. The van der Waals surface area contributed by atoms with Crippen molar-refractivity contribution in [3.63, 3.8) is 0 Å². The third kappa shape index (κ3) is 3.76. The molecule has 0 aromatic heterocycles. The molecule has 0 spiro atoms. The van der Waals surface area contributed by atoms with Gasteiger partial charge in [0.25, 0.3) is 11.8 Å². The lowest BCUT2D eigenvalue weighted by molar-refractivity contribution is -0.176. The van der Waals surface area contributed by atoms with Crippen LogP contribution in [0.5, 0.6) is 0 Å². The van der Waals surface area contributed by atoms with Crippen LogP contribution >= 0.6 is 0 Å². The van der Waals surface area contributed by atoms with Gasteiger partial charge in [-0.25, -0.2) is 17.5 Å². The number of carbonyl (C=O) groups is 3. The highest BCUT2D eigenvalue weighted by Crippen LogP contribution is 2.23. The SMILES string of the molecule is CS(=O)(=O)N1CCC(OCC(=O)ON2C(=O)c3ccccc3C2=O)CC1. The van der Waals surface area contributed by atoms with Crippen LogP contribution in [-0.4, -0.2) is 67.6 Å². The Morgan fingerprint density at radius 2 is 1.65 bits per heavy atom. The third-order valence-corrected chi connectivity index (χ3v) is 5.56. The molecule has 0 aliphatic carbocycles. The predicted octanol–water partition coefficient (Wildman–Crippen LogP) is 0.181. The van der Waals surface area contributed by atoms with Gasteiger partial charge >= 0.3 is 5.97 Å². The molecule has 0 bridgehead atoms. The molecule has 26 heavy (non-hydrogen) atoms. The van der Waals surface area contributed by atoms with Gasteiger partial charge in [0.15, 0.2) is 0 Å². The summed E-state index contributed by atoms with van der Waals surface area (Å²) in [7, 11) is -3.23. The summed E-state index contributed by atoms with van der Waals surface area (Å²) in [5.74, 6) is -2.26. The number of hydroxylamine groups is 2. The minimum Gasteiger partial charge on any atom is -0.366 e. The van der Waals surface area contributed by atoms with Crippen molar-refractivity contribution in [2.45, 2.75) is 18.9 Å². The van der Waals surface area contributed by atoms with Crippen molar-refractivity contribution in [3.05, 3.63) is 35.4 Å². The summed E-state index contributed by atoms with van der Waals surface area (Å²) in [5, 5.41) is 0.433. The van der Waals surface area contributed by atoms with Gasteiger partial charge < -0.3 is 9.57 Å². The maximum atomic E-state index is 12.1. The van der Waals surface area contributed by atoms with Crippen LogP contribution in [0, 0.1) is 0 Å². The number of fused-ring (bicyclic) bond motifs is 1. The van der Waals surface area contributed by atoms with Gasteiger partial charge in [-0.2, -0.15) is 0 Å². The van der Waals surface area contributed by atoms with E-state index in [4.69, 9.17) is 9.57 Å². The van der Waals surface area contributed by atoms with Crippen LogP contribution in [0.1, 0.15) is 33.6 Å². The minimum atomic E-state index is -3.23. The molecule has 0 unspecified atom stereocenters. The van der Waals surface area contributed by atoms with Gasteiger partial charge in [0.2, 0.25) is 10.0 Å². The Hall–Kier alpha value is -2.30. The van der Waals surface area contributed by atoms with E-state index in [0.717, 1.165) is 6.26 Å². The summed E-state index contributed by atoms with van der Waals surface area (Å²) in [4.78, 5) is 41.0. The summed E-state index contributed by atoms with van der Waals surface area (Å²) >= 11 is 0. The first-order valence-electron chi connectivity index (χ1n) is 8.02. The highest BCUT2D eigenvalue weighted by Gasteiger charge is 2.38. The maximum Gasteiger partial charge on any atom is 0.358 e. The van der Waals surface area contributed by atoms with E-state index in [0.29, 0.717) is 31.0 Å². The molecule has 2 aliphatic rings. The summed E-state index contributed by atoms with van der Waals surface area (Å²) in [6.07, 6.45) is 1.76. The predicted molar refractivity (Wildman–Crippen MR) is 88.4 cm³/mol. The second-order valence-electron chi connectivity index (χ2n) is 6.09. The summed E-state index contributed by atoms with van der Waals surface area (Å²) < 4.78 is 29.7. The molecule has 3 rings (SSSR count). The van der Waals surface area contributed by atoms with Crippen molar-refractivity contribution in [2.24, 2.45) is 0 Å². The molecule has 2 heterocycles. The van der Waals surface area contributed by atoms with Gasteiger partial charge in [0, 0.05) is 13.1 Å². The Bertz CT molecular complexity index is 809. The van der Waals surface area contributed by atoms with Crippen molar-refractivity contribution in [3.8, 4) is 0 Å². The number of imide groups is 1. The molecule has 0 saturated carbocycles. The van der Waals surface area contributed by atoms with Crippen LogP contribution in [-0.2, 0) is 24.4 Å². The molecule has 0 atom stereocenters. The molecule has 10 heteroatoms. The number of amides is 2. The molecule has 0 N–H and O–H groups in total. The van der Waals surface area contributed by atoms with E-state index in [1.165, 1.54) is 16.4 Å². The van der Waals surface area contributed by atoms with Crippen LogP contribution in [0.3, 0.4) is 0 Å². The van der Waals surface area contributed by atoms with E-state index in [1.54, 1.807) is 12.1 Å². The molecule has 140 valence electrons. The molecular weight excluding hydrogens is 364 g/mol. The van der Waals surface area contributed by atoms with Gasteiger partial charge in [-0.1, -0.05) is 17.2 Å². The van der Waals surface area contributed by atoms with Crippen LogP contribution < -0.4 is 0 Å². The number of hydrogen-bond acceptors (Lipinski definition) is 7. The number of nitrogens with zero attached hydrogens (tertiary/aromatic N) is 2. The van der Waals surface area contributed by atoms with Gasteiger partial charge in [0.05, 0.1) is 23.5 Å². The second-order valence-corrected chi connectivity index (χ2v) is 8.07. The fraction of sp³-hybridized carbons (Fsp3) is 0.438. The fourth-order valence-electron chi connectivity index (χ4n) is 2.89. The Morgan fingerprint density at radius 1 is 1.12 bits per heavy atom. The third-order valence-electron chi connectivity index (χ3n) is 4.26. The number of sulfonamides is 1. The summed E-state index contributed by atoms with van der Waals surface area (Å²) in [5.41, 5.74) is 0.360. The zero-order valence-electron chi connectivity index (χ0n) is 14.1. The standard InChI is InChI=1S/C16H18N2O7S/c1-26(22,23)17-8-6-11(7-9-17)24-10-14(19)25-18-15(20)12-4-2-3-5-13(12)16(18)21/h2-5,11H,6-10H2,1H3. The van der Waals surface area contributed by atoms with Gasteiger partial charge in [0.1, 0.15) is 6.61 Å². The van der Waals surface area contributed by atoms with Crippen molar-refractivity contribution < 1.29 is 32.4 Å². The number of benzene rings is 1. The molecule has 1 saturated heterocycles. The molecule has 2 aliphatic heterocycles. The molecular formula is C16H18N2O7S. The van der Waals surface area contributed by atoms with Crippen LogP contribution in [0.25, 0.3) is 0 Å². The molecule has 1 fully saturated rings. The van der Waals surface area contributed by atoms with Crippen molar-refractivity contribution in [1.82, 2.24) is 9.37 Å². The smallest absolute Gasteiger partial charge is 0.358 e. The van der Waals surface area contributed by atoms with E-state index in [1.807, 2.05) is 0 Å². The lowest BCUT2D eigenvalue weighted by Gasteiger charge is -2.29. The Morgan fingerprint density at radius 3 is 2.15 bits per heavy atom. The van der Waals surface area contributed by atoms with Crippen molar-refractivity contribution >= 4 is 27.8 Å². The van der Waals surface area contributed by atoms with E-state index >= 15 is 0 Å². The Labute approximate surface area is 150 Å². The van der Waals surface area contributed by atoms with Crippen molar-refractivity contribution in [1.29, 1.82) is 0 Å². The molecule has 0 radical (unpaired) electrons. The average molecular weight is 382 g/mol. The van der Waals surface area contributed by atoms with Gasteiger partial charge in [-0.15, -0.1) is 0 Å². The topological polar surface area (TPSA) is 110 Å². The summed E-state index contributed by atoms with van der Waals surface area (Å²) in [6.45, 7) is 0.199. The minimum absolute atomic E-state index is 0.180. The molecule has 1 aromatic rings. The highest BCUT2D eigenvalue weighted by molar-refractivity contribution is 7.88. The monoisotopic (exact) mass is 382 g/mol. The highest BCUT2D eigenvalue weighted by atomic mass is 32.2. The van der Waals surface area contributed by atoms with Crippen molar-refractivity contribution in [2.75, 3.05) is 26.0 Å². The number of ether oxygens (including phenoxy) is 1. The van der Waals surface area contributed by atoms with Crippen LogP contribution in [0.2, 0.25) is 0 Å². The first kappa shape index (κ1) is 18.5. The number of carbonyl (C=O) groups excluding carboxylic acids is 3. The molecule has 9 nitrogen and oxygen atoms in total. The number of rotatable bonds is 5. The number of piperidine rings is 1.